The Morgan fingerprint density at radius 3 is 2.71 bits per heavy atom. The van der Waals surface area contributed by atoms with Crippen LogP contribution in [0.3, 0.4) is 0 Å². The Morgan fingerprint density at radius 2 is 2.05 bits per heavy atom. The monoisotopic (exact) mass is 351 g/mol. The highest BCUT2D eigenvalue weighted by Crippen LogP contribution is 2.25. The number of nitrogens with zero attached hydrogens (tertiary/aromatic N) is 1. The molecule has 0 aliphatic carbocycles. The molecule has 3 nitrogen and oxygen atoms in total. The molecule has 0 bridgehead atoms. The molecule has 1 aromatic carbocycles. The molecule has 0 aromatic heterocycles. The lowest BCUT2D eigenvalue weighted by molar-refractivity contribution is -0.118. The molecule has 0 N–H and O–H groups in total. The first-order chi connectivity index (χ1) is 9.99. The Kier molecular flexibility index (Phi) is 5.57. The number of likely N-dealkylation sites (tertiary alicyclic amines) is 1. The van der Waals surface area contributed by atoms with Gasteiger partial charge in [-0.15, -0.1) is 0 Å². The van der Waals surface area contributed by atoms with Crippen LogP contribution in [0.25, 0.3) is 0 Å². The minimum absolute atomic E-state index is 0.0371. The van der Waals surface area contributed by atoms with E-state index in [0.717, 1.165) is 42.3 Å². The largest absolute Gasteiger partial charge is 0.335 e. The highest BCUT2D eigenvalue weighted by atomic mass is 79.9. The Bertz CT molecular complexity index is 542. The maximum Gasteiger partial charge on any atom is 0.255 e. The summed E-state index contributed by atoms with van der Waals surface area (Å²) in [5, 5.41) is 0. The number of Topliss-reactive ketones (excluding diaryl/α,β-unsaturated/α-hetero) is 1. The highest BCUT2D eigenvalue weighted by Gasteiger charge is 2.28. The molecule has 0 radical (unpaired) electrons. The Morgan fingerprint density at radius 1 is 1.29 bits per heavy atom. The first-order valence-electron chi connectivity index (χ1n) is 7.55. The van der Waals surface area contributed by atoms with Crippen molar-refractivity contribution >= 4 is 27.6 Å². The second-order valence-corrected chi connectivity index (χ2v) is 6.75. The SMILES string of the molecule is CC(=O)CC1CCCCCN1C(=O)c1ccc(C)cc1Br. The van der Waals surface area contributed by atoms with Gasteiger partial charge in [0.2, 0.25) is 0 Å². The molecule has 1 aromatic rings. The summed E-state index contributed by atoms with van der Waals surface area (Å²) in [4.78, 5) is 26.3. The first kappa shape index (κ1) is 16.2. The summed E-state index contributed by atoms with van der Waals surface area (Å²) < 4.78 is 0.832. The number of benzene rings is 1. The van der Waals surface area contributed by atoms with E-state index in [-0.39, 0.29) is 17.7 Å². The molecular formula is C17H22BrNO2. The zero-order valence-corrected chi connectivity index (χ0v) is 14.3. The molecule has 0 spiro atoms. The van der Waals surface area contributed by atoms with Gasteiger partial charge in [0.15, 0.2) is 0 Å². The number of amides is 1. The standard InChI is InChI=1S/C17H22BrNO2/c1-12-7-8-15(16(18)10-12)17(21)19-9-5-3-4-6-14(19)11-13(2)20/h7-8,10,14H,3-6,9,11H2,1-2H3. The normalized spacial score (nSPS) is 19.2. The van der Waals surface area contributed by atoms with Crippen LogP contribution in [0.5, 0.6) is 0 Å². The lowest BCUT2D eigenvalue weighted by atomic mass is 10.0. The van der Waals surface area contributed by atoms with Gasteiger partial charge in [-0.05, 0) is 60.3 Å². The van der Waals surface area contributed by atoms with Gasteiger partial charge < -0.3 is 4.90 Å². The summed E-state index contributed by atoms with van der Waals surface area (Å²) in [6.07, 6.45) is 4.64. The second kappa shape index (κ2) is 7.21. The van der Waals surface area contributed by atoms with Crippen molar-refractivity contribution in [3.8, 4) is 0 Å². The molecule has 1 aliphatic heterocycles. The van der Waals surface area contributed by atoms with Crippen LogP contribution in [0.15, 0.2) is 22.7 Å². The van der Waals surface area contributed by atoms with Crippen molar-refractivity contribution in [3.63, 3.8) is 0 Å². The lowest BCUT2D eigenvalue weighted by Gasteiger charge is -2.30. The second-order valence-electron chi connectivity index (χ2n) is 5.89. The minimum Gasteiger partial charge on any atom is -0.335 e. The molecule has 1 atom stereocenters. The predicted octanol–water partition coefficient (Wildman–Crippen LogP) is 4.12. The average molecular weight is 352 g/mol. The van der Waals surface area contributed by atoms with E-state index in [4.69, 9.17) is 0 Å². The predicted molar refractivity (Wildman–Crippen MR) is 87.5 cm³/mol. The third kappa shape index (κ3) is 4.16. The summed E-state index contributed by atoms with van der Waals surface area (Å²) in [5.74, 6) is 0.192. The Labute approximate surface area is 134 Å². The van der Waals surface area contributed by atoms with Gasteiger partial charge in [-0.25, -0.2) is 0 Å². The number of carbonyl (C=O) groups excluding carboxylic acids is 2. The van der Waals surface area contributed by atoms with Crippen molar-refractivity contribution in [1.82, 2.24) is 4.90 Å². The minimum atomic E-state index is 0.0371. The first-order valence-corrected chi connectivity index (χ1v) is 8.35. The van der Waals surface area contributed by atoms with Gasteiger partial charge in [0, 0.05) is 23.5 Å². The average Bonchev–Trinajstić information content (AvgIpc) is 2.63. The Balaban J connectivity index is 2.26. The molecule has 1 saturated heterocycles. The molecule has 1 aliphatic rings. The van der Waals surface area contributed by atoms with Crippen LogP contribution >= 0.6 is 15.9 Å². The summed E-state index contributed by atoms with van der Waals surface area (Å²) in [5.41, 5.74) is 1.81. The van der Waals surface area contributed by atoms with Gasteiger partial charge in [-0.2, -0.15) is 0 Å². The fourth-order valence-electron chi connectivity index (χ4n) is 2.94. The van der Waals surface area contributed by atoms with Crippen LogP contribution in [0.2, 0.25) is 0 Å². The van der Waals surface area contributed by atoms with Crippen LogP contribution in [-0.4, -0.2) is 29.2 Å². The van der Waals surface area contributed by atoms with E-state index < -0.39 is 0 Å². The number of carbonyl (C=O) groups is 2. The van der Waals surface area contributed by atoms with Gasteiger partial charge >= 0.3 is 0 Å². The number of halogens is 1. The molecule has 1 heterocycles. The van der Waals surface area contributed by atoms with Crippen LogP contribution in [-0.2, 0) is 4.79 Å². The van der Waals surface area contributed by atoms with Crippen molar-refractivity contribution in [2.45, 2.75) is 52.0 Å². The molecule has 21 heavy (non-hydrogen) atoms. The third-order valence-electron chi connectivity index (χ3n) is 4.02. The van der Waals surface area contributed by atoms with E-state index in [2.05, 4.69) is 15.9 Å². The molecule has 4 heteroatoms. The van der Waals surface area contributed by atoms with Crippen molar-refractivity contribution < 1.29 is 9.59 Å². The molecule has 1 amide bonds. The van der Waals surface area contributed by atoms with E-state index in [1.165, 1.54) is 0 Å². The van der Waals surface area contributed by atoms with Crippen molar-refractivity contribution in [3.05, 3.63) is 33.8 Å². The van der Waals surface area contributed by atoms with Crippen molar-refractivity contribution in [2.75, 3.05) is 6.54 Å². The van der Waals surface area contributed by atoms with Gasteiger partial charge in [-0.1, -0.05) is 18.9 Å². The van der Waals surface area contributed by atoms with Crippen LogP contribution < -0.4 is 0 Å². The van der Waals surface area contributed by atoms with E-state index in [0.29, 0.717) is 12.0 Å². The van der Waals surface area contributed by atoms with E-state index in [1.807, 2.05) is 30.0 Å². The summed E-state index contributed by atoms with van der Waals surface area (Å²) in [6.45, 7) is 4.36. The van der Waals surface area contributed by atoms with Crippen LogP contribution in [0, 0.1) is 6.92 Å². The number of hydrogen-bond acceptors (Lipinski definition) is 2. The van der Waals surface area contributed by atoms with Gasteiger partial charge in [0.05, 0.1) is 5.56 Å². The molecule has 2 rings (SSSR count). The number of ketones is 1. The van der Waals surface area contributed by atoms with Crippen molar-refractivity contribution in [2.24, 2.45) is 0 Å². The van der Waals surface area contributed by atoms with Gasteiger partial charge in [0.1, 0.15) is 5.78 Å². The number of aryl methyl sites for hydroxylation is 1. The van der Waals surface area contributed by atoms with Crippen LogP contribution in [0.4, 0.5) is 0 Å². The number of hydrogen-bond donors (Lipinski definition) is 0. The fraction of sp³-hybridized carbons (Fsp3) is 0.529. The topological polar surface area (TPSA) is 37.4 Å². The zero-order valence-electron chi connectivity index (χ0n) is 12.7. The smallest absolute Gasteiger partial charge is 0.255 e. The number of rotatable bonds is 3. The quantitative estimate of drug-likeness (QED) is 0.821. The maximum atomic E-state index is 12.9. The van der Waals surface area contributed by atoms with E-state index in [1.54, 1.807) is 6.92 Å². The van der Waals surface area contributed by atoms with E-state index >= 15 is 0 Å². The maximum absolute atomic E-state index is 12.9. The van der Waals surface area contributed by atoms with Crippen LogP contribution in [0.1, 0.15) is 54.9 Å². The molecule has 1 unspecified atom stereocenters. The fourth-order valence-corrected chi connectivity index (χ4v) is 3.60. The third-order valence-corrected chi connectivity index (χ3v) is 4.67. The molecule has 0 saturated carbocycles. The Hall–Kier alpha value is -1.16. The van der Waals surface area contributed by atoms with Crippen molar-refractivity contribution in [1.29, 1.82) is 0 Å². The zero-order chi connectivity index (χ0) is 15.4. The molecule has 114 valence electrons. The van der Waals surface area contributed by atoms with E-state index in [9.17, 15) is 9.59 Å². The lowest BCUT2D eigenvalue weighted by Crippen LogP contribution is -2.41. The summed E-state index contributed by atoms with van der Waals surface area (Å²) >= 11 is 3.49. The summed E-state index contributed by atoms with van der Waals surface area (Å²) in [7, 11) is 0. The molecular weight excluding hydrogens is 330 g/mol. The van der Waals surface area contributed by atoms with Gasteiger partial charge in [-0.3, -0.25) is 9.59 Å². The van der Waals surface area contributed by atoms with Gasteiger partial charge in [0.25, 0.3) is 5.91 Å². The molecule has 1 fully saturated rings. The highest BCUT2D eigenvalue weighted by molar-refractivity contribution is 9.10. The summed E-state index contributed by atoms with van der Waals surface area (Å²) in [6, 6.07) is 5.84.